The van der Waals surface area contributed by atoms with E-state index >= 15 is 0 Å². The summed E-state index contributed by atoms with van der Waals surface area (Å²) in [5.74, 6) is 0.0545. The van der Waals surface area contributed by atoms with Gasteiger partial charge < -0.3 is 5.32 Å². The van der Waals surface area contributed by atoms with Crippen molar-refractivity contribution in [1.82, 2.24) is 0 Å². The van der Waals surface area contributed by atoms with Crippen molar-refractivity contribution in [2.75, 3.05) is 5.32 Å². The molecule has 1 amide bonds. The van der Waals surface area contributed by atoms with Gasteiger partial charge in [0, 0.05) is 29.3 Å². The van der Waals surface area contributed by atoms with E-state index in [1.54, 1.807) is 30.3 Å². The van der Waals surface area contributed by atoms with Crippen molar-refractivity contribution in [2.24, 2.45) is 0 Å². The van der Waals surface area contributed by atoms with Gasteiger partial charge in [0.25, 0.3) is 11.6 Å². The Labute approximate surface area is 120 Å². The Balaban J connectivity index is 2.14. The van der Waals surface area contributed by atoms with Crippen LogP contribution in [0.25, 0.3) is 0 Å². The van der Waals surface area contributed by atoms with E-state index in [9.17, 15) is 14.9 Å². The number of benzene rings is 2. The number of alkyl halides is 1. The molecule has 0 atom stereocenters. The van der Waals surface area contributed by atoms with Crippen LogP contribution in [0.5, 0.6) is 0 Å². The van der Waals surface area contributed by atoms with Crippen molar-refractivity contribution in [1.29, 1.82) is 0 Å². The molecule has 0 unspecified atom stereocenters. The number of carbonyl (C=O) groups is 1. The summed E-state index contributed by atoms with van der Waals surface area (Å²) in [5.41, 5.74) is 1.69. The molecule has 0 fully saturated rings. The lowest BCUT2D eigenvalue weighted by Gasteiger charge is -2.05. The van der Waals surface area contributed by atoms with Gasteiger partial charge in [0.05, 0.1) is 4.92 Å². The summed E-state index contributed by atoms with van der Waals surface area (Å²) in [5, 5.41) is 13.3. The van der Waals surface area contributed by atoms with E-state index in [4.69, 9.17) is 11.6 Å². The molecule has 0 aliphatic rings. The van der Waals surface area contributed by atoms with E-state index in [2.05, 4.69) is 5.32 Å². The second-order valence-corrected chi connectivity index (χ2v) is 4.36. The average molecular weight is 291 g/mol. The summed E-state index contributed by atoms with van der Waals surface area (Å²) < 4.78 is 0. The zero-order chi connectivity index (χ0) is 14.5. The van der Waals surface area contributed by atoms with Crippen LogP contribution in [0.15, 0.2) is 48.5 Å². The van der Waals surface area contributed by atoms with Gasteiger partial charge in [-0.1, -0.05) is 18.2 Å². The third-order valence-corrected chi connectivity index (χ3v) is 2.99. The highest BCUT2D eigenvalue weighted by atomic mass is 35.5. The first-order valence-corrected chi connectivity index (χ1v) is 6.34. The molecule has 0 bridgehead atoms. The van der Waals surface area contributed by atoms with Crippen LogP contribution in [-0.4, -0.2) is 10.8 Å². The molecule has 0 spiro atoms. The van der Waals surface area contributed by atoms with Gasteiger partial charge in [-0.25, -0.2) is 0 Å². The fraction of sp³-hybridized carbons (Fsp3) is 0.0714. The van der Waals surface area contributed by atoms with Crippen LogP contribution in [0.4, 0.5) is 11.4 Å². The maximum Gasteiger partial charge on any atom is 0.271 e. The molecule has 1 N–H and O–H groups in total. The number of nitro benzene ring substituents is 1. The molecule has 2 aromatic carbocycles. The Morgan fingerprint density at radius 2 is 1.90 bits per heavy atom. The molecule has 0 heterocycles. The van der Waals surface area contributed by atoms with Gasteiger partial charge in [0.2, 0.25) is 0 Å². The number of anilines is 1. The smallest absolute Gasteiger partial charge is 0.271 e. The number of nitro groups is 1. The maximum absolute atomic E-state index is 12.0. The van der Waals surface area contributed by atoms with Crippen LogP contribution >= 0.6 is 11.6 Å². The molecule has 2 aromatic rings. The molecular weight excluding hydrogens is 280 g/mol. The predicted molar refractivity (Wildman–Crippen MR) is 77.0 cm³/mol. The molecule has 0 aliphatic carbocycles. The van der Waals surface area contributed by atoms with Gasteiger partial charge >= 0.3 is 0 Å². The minimum Gasteiger partial charge on any atom is -0.322 e. The largest absolute Gasteiger partial charge is 0.322 e. The van der Waals surface area contributed by atoms with Crippen molar-refractivity contribution in [3.63, 3.8) is 0 Å². The van der Waals surface area contributed by atoms with Crippen LogP contribution in [0.3, 0.4) is 0 Å². The Morgan fingerprint density at radius 3 is 2.50 bits per heavy atom. The number of non-ortho nitro benzene ring substituents is 1. The van der Waals surface area contributed by atoms with E-state index in [1.165, 1.54) is 18.2 Å². The molecule has 0 aromatic heterocycles. The fourth-order valence-corrected chi connectivity index (χ4v) is 1.82. The molecule has 20 heavy (non-hydrogen) atoms. The number of rotatable bonds is 4. The highest BCUT2D eigenvalue weighted by Crippen LogP contribution is 2.18. The van der Waals surface area contributed by atoms with Crippen LogP contribution in [0.2, 0.25) is 0 Å². The number of amides is 1. The Bertz CT molecular complexity index is 641. The highest BCUT2D eigenvalue weighted by molar-refractivity contribution is 6.17. The SMILES string of the molecule is O=C(Nc1cccc([N+](=O)[O-])c1)c1ccc(CCl)cc1. The number of nitrogens with one attached hydrogen (secondary N) is 1. The first kappa shape index (κ1) is 14.0. The monoisotopic (exact) mass is 290 g/mol. The molecule has 0 aliphatic heterocycles. The quantitative estimate of drug-likeness (QED) is 0.531. The second-order valence-electron chi connectivity index (χ2n) is 4.09. The van der Waals surface area contributed by atoms with Crippen molar-refractivity contribution >= 4 is 28.9 Å². The Morgan fingerprint density at radius 1 is 1.20 bits per heavy atom. The van der Waals surface area contributed by atoms with Gasteiger partial charge in [-0.3, -0.25) is 14.9 Å². The topological polar surface area (TPSA) is 72.2 Å². The van der Waals surface area contributed by atoms with E-state index in [0.29, 0.717) is 17.1 Å². The standard InChI is InChI=1S/C14H11ClN2O3/c15-9-10-4-6-11(7-5-10)14(18)16-12-2-1-3-13(8-12)17(19)20/h1-8H,9H2,(H,16,18). The van der Waals surface area contributed by atoms with Crippen molar-refractivity contribution in [3.05, 3.63) is 69.8 Å². The lowest BCUT2D eigenvalue weighted by molar-refractivity contribution is -0.384. The Kier molecular flexibility index (Phi) is 4.32. The highest BCUT2D eigenvalue weighted by Gasteiger charge is 2.09. The van der Waals surface area contributed by atoms with Crippen LogP contribution in [0.1, 0.15) is 15.9 Å². The van der Waals surface area contributed by atoms with Crippen molar-refractivity contribution in [2.45, 2.75) is 5.88 Å². The summed E-state index contributed by atoms with van der Waals surface area (Å²) in [4.78, 5) is 22.1. The van der Waals surface area contributed by atoms with E-state index in [-0.39, 0.29) is 11.6 Å². The summed E-state index contributed by atoms with van der Waals surface area (Å²) >= 11 is 5.67. The lowest BCUT2D eigenvalue weighted by Crippen LogP contribution is -2.11. The van der Waals surface area contributed by atoms with Gasteiger partial charge in [0.15, 0.2) is 0 Å². The summed E-state index contributed by atoms with van der Waals surface area (Å²) in [6, 6.07) is 12.6. The van der Waals surface area contributed by atoms with Gasteiger partial charge in [-0.05, 0) is 23.8 Å². The van der Waals surface area contributed by atoms with Crippen molar-refractivity contribution in [3.8, 4) is 0 Å². The zero-order valence-corrected chi connectivity index (χ0v) is 11.1. The van der Waals surface area contributed by atoms with Crippen LogP contribution in [-0.2, 0) is 5.88 Å². The summed E-state index contributed by atoms with van der Waals surface area (Å²) in [7, 11) is 0. The molecule has 0 saturated carbocycles. The van der Waals surface area contributed by atoms with Crippen LogP contribution < -0.4 is 5.32 Å². The van der Waals surface area contributed by atoms with Gasteiger partial charge in [-0.15, -0.1) is 11.6 Å². The number of nitrogens with zero attached hydrogens (tertiary/aromatic N) is 1. The number of hydrogen-bond acceptors (Lipinski definition) is 3. The summed E-state index contributed by atoms with van der Waals surface area (Å²) in [6.45, 7) is 0. The van der Waals surface area contributed by atoms with Gasteiger partial charge in [-0.2, -0.15) is 0 Å². The Hall–Kier alpha value is -2.40. The molecule has 0 saturated heterocycles. The number of hydrogen-bond donors (Lipinski definition) is 1. The van der Waals surface area contributed by atoms with Crippen molar-refractivity contribution < 1.29 is 9.72 Å². The average Bonchev–Trinajstić information content (AvgIpc) is 2.47. The molecule has 5 nitrogen and oxygen atoms in total. The zero-order valence-electron chi connectivity index (χ0n) is 10.4. The first-order valence-electron chi connectivity index (χ1n) is 5.81. The van der Waals surface area contributed by atoms with E-state index < -0.39 is 4.92 Å². The fourth-order valence-electron chi connectivity index (χ4n) is 1.65. The third-order valence-electron chi connectivity index (χ3n) is 2.69. The van der Waals surface area contributed by atoms with Crippen LogP contribution in [0, 0.1) is 10.1 Å². The molecule has 0 radical (unpaired) electrons. The maximum atomic E-state index is 12.0. The predicted octanol–water partition coefficient (Wildman–Crippen LogP) is 3.59. The third kappa shape index (κ3) is 3.33. The normalized spacial score (nSPS) is 10.1. The molecule has 6 heteroatoms. The van der Waals surface area contributed by atoms with Gasteiger partial charge in [0.1, 0.15) is 0 Å². The first-order chi connectivity index (χ1) is 9.60. The summed E-state index contributed by atoms with van der Waals surface area (Å²) in [6.07, 6.45) is 0. The molecule has 2 rings (SSSR count). The second kappa shape index (κ2) is 6.16. The number of halogens is 1. The molecular formula is C14H11ClN2O3. The minimum atomic E-state index is -0.509. The van der Waals surface area contributed by atoms with E-state index in [0.717, 1.165) is 5.56 Å². The van der Waals surface area contributed by atoms with E-state index in [1.807, 2.05) is 0 Å². The lowest BCUT2D eigenvalue weighted by atomic mass is 10.1. The molecule has 102 valence electrons. The number of carbonyl (C=O) groups excluding carboxylic acids is 1. The minimum absolute atomic E-state index is 0.0692.